The lowest BCUT2D eigenvalue weighted by molar-refractivity contribution is -0.121. The minimum absolute atomic E-state index is 0.0174. The highest BCUT2D eigenvalue weighted by Crippen LogP contribution is 2.13. The van der Waals surface area contributed by atoms with Crippen molar-refractivity contribution in [1.29, 1.82) is 0 Å². The maximum absolute atomic E-state index is 11.9. The van der Waals surface area contributed by atoms with E-state index >= 15 is 0 Å². The van der Waals surface area contributed by atoms with Gasteiger partial charge in [-0.15, -0.1) is 0 Å². The van der Waals surface area contributed by atoms with Crippen molar-refractivity contribution in [2.45, 2.75) is 38.8 Å². The van der Waals surface area contributed by atoms with Gasteiger partial charge in [-0.2, -0.15) is 5.10 Å². The van der Waals surface area contributed by atoms with Crippen LogP contribution in [0.15, 0.2) is 42.7 Å². The molecule has 0 unspecified atom stereocenters. The first kappa shape index (κ1) is 15.3. The second kappa shape index (κ2) is 6.54. The molecule has 0 aliphatic carbocycles. The zero-order valence-electron chi connectivity index (χ0n) is 12.5. The first-order valence-corrected chi connectivity index (χ1v) is 7.09. The van der Waals surface area contributed by atoms with E-state index < -0.39 is 0 Å². The summed E-state index contributed by atoms with van der Waals surface area (Å²) in [5, 5.41) is 7.17. The molecule has 1 amide bonds. The van der Waals surface area contributed by atoms with Crippen molar-refractivity contribution in [3.63, 3.8) is 0 Å². The van der Waals surface area contributed by atoms with Crippen LogP contribution < -0.4 is 11.1 Å². The number of hydrogen-bond donors (Lipinski definition) is 2. The summed E-state index contributed by atoms with van der Waals surface area (Å²) in [6.07, 6.45) is 4.73. The van der Waals surface area contributed by atoms with Crippen molar-refractivity contribution < 1.29 is 4.79 Å². The molecule has 0 aliphatic rings. The number of carbonyl (C=O) groups excluding carboxylic acids is 1. The quantitative estimate of drug-likeness (QED) is 0.853. The van der Waals surface area contributed by atoms with Crippen LogP contribution in [-0.4, -0.2) is 21.2 Å². The number of rotatable bonds is 6. The van der Waals surface area contributed by atoms with Gasteiger partial charge in [0.15, 0.2) is 0 Å². The standard InChI is InChI=1S/C16H22N4O/c1-16(2,17)9-8-15(21)18-12-13-6-3-4-7-14(13)20-11-5-10-19-20/h3-7,10-11H,8-9,12,17H2,1-2H3,(H,18,21). The summed E-state index contributed by atoms with van der Waals surface area (Å²) in [6, 6.07) is 9.76. The molecular formula is C16H22N4O. The third-order valence-corrected chi connectivity index (χ3v) is 3.22. The Balaban J connectivity index is 1.96. The first-order chi connectivity index (χ1) is 9.96. The lowest BCUT2D eigenvalue weighted by Gasteiger charge is -2.17. The highest BCUT2D eigenvalue weighted by molar-refractivity contribution is 5.76. The SMILES string of the molecule is CC(C)(N)CCC(=O)NCc1ccccc1-n1cccn1. The molecule has 0 aliphatic heterocycles. The van der Waals surface area contributed by atoms with Crippen LogP contribution in [0.1, 0.15) is 32.3 Å². The molecule has 5 nitrogen and oxygen atoms in total. The number of carbonyl (C=O) groups is 1. The summed E-state index contributed by atoms with van der Waals surface area (Å²) in [7, 11) is 0. The molecule has 0 fully saturated rings. The van der Waals surface area contributed by atoms with Crippen LogP contribution in [0.2, 0.25) is 0 Å². The third-order valence-electron chi connectivity index (χ3n) is 3.22. The maximum Gasteiger partial charge on any atom is 0.220 e. The van der Waals surface area contributed by atoms with Gasteiger partial charge in [-0.1, -0.05) is 18.2 Å². The van der Waals surface area contributed by atoms with E-state index in [4.69, 9.17) is 5.73 Å². The number of aromatic nitrogens is 2. The number of nitrogens with one attached hydrogen (secondary N) is 1. The molecule has 2 rings (SSSR count). The Morgan fingerprint density at radius 2 is 2.10 bits per heavy atom. The van der Waals surface area contributed by atoms with E-state index in [0.717, 1.165) is 11.3 Å². The minimum atomic E-state index is -0.315. The van der Waals surface area contributed by atoms with E-state index in [1.165, 1.54) is 0 Å². The largest absolute Gasteiger partial charge is 0.352 e. The fourth-order valence-electron chi connectivity index (χ4n) is 2.01. The molecule has 2 aromatic rings. The predicted octanol–water partition coefficient (Wildman–Crippen LogP) is 2.01. The highest BCUT2D eigenvalue weighted by Gasteiger charge is 2.13. The van der Waals surface area contributed by atoms with Gasteiger partial charge in [-0.05, 0) is 38.0 Å². The number of amides is 1. The second-order valence-electron chi connectivity index (χ2n) is 5.84. The molecule has 0 saturated carbocycles. The molecule has 0 saturated heterocycles. The van der Waals surface area contributed by atoms with Gasteiger partial charge < -0.3 is 11.1 Å². The fraction of sp³-hybridized carbons (Fsp3) is 0.375. The molecule has 1 heterocycles. The van der Waals surface area contributed by atoms with Crippen molar-refractivity contribution in [3.05, 3.63) is 48.3 Å². The maximum atomic E-state index is 11.9. The number of nitrogens with zero attached hydrogens (tertiary/aromatic N) is 2. The van der Waals surface area contributed by atoms with Gasteiger partial charge in [0.2, 0.25) is 5.91 Å². The molecular weight excluding hydrogens is 264 g/mol. The van der Waals surface area contributed by atoms with Crippen LogP contribution in [0.4, 0.5) is 0 Å². The van der Waals surface area contributed by atoms with Gasteiger partial charge in [0.05, 0.1) is 5.69 Å². The van der Waals surface area contributed by atoms with Crippen molar-refractivity contribution in [2.24, 2.45) is 5.73 Å². The Morgan fingerprint density at radius 1 is 1.33 bits per heavy atom. The van der Waals surface area contributed by atoms with E-state index in [2.05, 4.69) is 10.4 Å². The molecule has 5 heteroatoms. The minimum Gasteiger partial charge on any atom is -0.352 e. The van der Waals surface area contributed by atoms with Gasteiger partial charge in [-0.25, -0.2) is 4.68 Å². The van der Waals surface area contributed by atoms with Gasteiger partial charge in [-0.3, -0.25) is 4.79 Å². The average molecular weight is 286 g/mol. The van der Waals surface area contributed by atoms with E-state index in [1.54, 1.807) is 10.9 Å². The molecule has 3 N–H and O–H groups in total. The lowest BCUT2D eigenvalue weighted by atomic mass is 10.00. The Morgan fingerprint density at radius 3 is 2.76 bits per heavy atom. The number of hydrogen-bond acceptors (Lipinski definition) is 3. The van der Waals surface area contributed by atoms with Crippen LogP contribution >= 0.6 is 0 Å². The summed E-state index contributed by atoms with van der Waals surface area (Å²) in [5.74, 6) is 0.0174. The molecule has 0 radical (unpaired) electrons. The van der Waals surface area contributed by atoms with Crippen LogP contribution in [0.25, 0.3) is 5.69 Å². The van der Waals surface area contributed by atoms with Gasteiger partial charge in [0, 0.05) is 30.9 Å². The summed E-state index contributed by atoms with van der Waals surface area (Å²) >= 11 is 0. The Bertz CT molecular complexity index is 585. The first-order valence-electron chi connectivity index (χ1n) is 7.09. The van der Waals surface area contributed by atoms with Crippen molar-refractivity contribution in [3.8, 4) is 5.69 Å². The van der Waals surface area contributed by atoms with Crippen LogP contribution in [0.5, 0.6) is 0 Å². The van der Waals surface area contributed by atoms with Gasteiger partial charge in [0.1, 0.15) is 0 Å². The molecule has 0 atom stereocenters. The smallest absolute Gasteiger partial charge is 0.220 e. The molecule has 112 valence electrons. The normalized spacial score (nSPS) is 11.4. The summed E-state index contributed by atoms with van der Waals surface area (Å²) < 4.78 is 1.80. The monoisotopic (exact) mass is 286 g/mol. The molecule has 1 aromatic heterocycles. The van der Waals surface area contributed by atoms with Gasteiger partial charge in [0.25, 0.3) is 0 Å². The topological polar surface area (TPSA) is 72.9 Å². The summed E-state index contributed by atoms with van der Waals surface area (Å²) in [5.41, 5.74) is 7.58. The van der Waals surface area contributed by atoms with Gasteiger partial charge >= 0.3 is 0 Å². The Kier molecular flexibility index (Phi) is 4.75. The van der Waals surface area contributed by atoms with Crippen molar-refractivity contribution in [1.82, 2.24) is 15.1 Å². The van der Waals surface area contributed by atoms with E-state index in [1.807, 2.05) is 50.4 Å². The highest BCUT2D eigenvalue weighted by atomic mass is 16.1. The predicted molar refractivity (Wildman–Crippen MR) is 82.9 cm³/mol. The summed E-state index contributed by atoms with van der Waals surface area (Å²) in [6.45, 7) is 4.33. The number of benzene rings is 1. The summed E-state index contributed by atoms with van der Waals surface area (Å²) in [4.78, 5) is 11.9. The molecule has 0 bridgehead atoms. The molecule has 21 heavy (non-hydrogen) atoms. The van der Waals surface area contributed by atoms with E-state index in [0.29, 0.717) is 19.4 Å². The second-order valence-corrected chi connectivity index (χ2v) is 5.84. The number of para-hydroxylation sites is 1. The van der Waals surface area contributed by atoms with Crippen LogP contribution in [-0.2, 0) is 11.3 Å². The zero-order chi connectivity index (χ0) is 15.3. The van der Waals surface area contributed by atoms with E-state index in [9.17, 15) is 4.79 Å². The van der Waals surface area contributed by atoms with Crippen LogP contribution in [0.3, 0.4) is 0 Å². The molecule has 0 spiro atoms. The lowest BCUT2D eigenvalue weighted by Crippen LogP contribution is -2.34. The van der Waals surface area contributed by atoms with Crippen LogP contribution in [0, 0.1) is 0 Å². The Hall–Kier alpha value is -2.14. The fourth-order valence-corrected chi connectivity index (χ4v) is 2.01. The molecule has 1 aromatic carbocycles. The zero-order valence-corrected chi connectivity index (χ0v) is 12.5. The number of nitrogens with two attached hydrogens (primary N) is 1. The van der Waals surface area contributed by atoms with E-state index in [-0.39, 0.29) is 11.4 Å². The average Bonchev–Trinajstić information content (AvgIpc) is 2.96. The third kappa shape index (κ3) is 4.72. The van der Waals surface area contributed by atoms with Crippen molar-refractivity contribution in [2.75, 3.05) is 0 Å². The van der Waals surface area contributed by atoms with Crippen molar-refractivity contribution >= 4 is 5.91 Å². The Labute approximate surface area is 125 Å².